The molecular weight excluding hydrogens is 486 g/mol. The lowest BCUT2D eigenvalue weighted by molar-refractivity contribution is 0.210. The molecule has 4 nitrogen and oxygen atoms in total. The molecule has 5 rings (SSSR count). The largest absolute Gasteiger partial charge is 0.460 e. The molecule has 0 radical (unpaired) electrons. The smallest absolute Gasteiger partial charge is 0.261 e. The van der Waals surface area contributed by atoms with Gasteiger partial charge in [-0.1, -0.05) is 61.0 Å². The molecule has 0 saturated carbocycles. The van der Waals surface area contributed by atoms with Crippen LogP contribution in [0, 0.1) is 11.3 Å². The molecular formula is C26H26BrNO3S. The highest BCUT2D eigenvalue weighted by Crippen LogP contribution is 2.44. The lowest BCUT2D eigenvalue weighted by atomic mass is 9.71. The topological polar surface area (TPSA) is 59.3 Å². The van der Waals surface area contributed by atoms with Gasteiger partial charge >= 0.3 is 0 Å². The maximum absolute atomic E-state index is 13.2. The molecule has 0 fully saturated rings. The Morgan fingerprint density at radius 2 is 1.69 bits per heavy atom. The van der Waals surface area contributed by atoms with Gasteiger partial charge in [-0.05, 0) is 54.5 Å². The van der Waals surface area contributed by atoms with E-state index in [0.717, 1.165) is 51.2 Å². The Bertz CT molecular complexity index is 1430. The highest BCUT2D eigenvalue weighted by molar-refractivity contribution is 9.10. The van der Waals surface area contributed by atoms with Gasteiger partial charge in [0.2, 0.25) is 0 Å². The van der Waals surface area contributed by atoms with Gasteiger partial charge in [0, 0.05) is 32.6 Å². The summed E-state index contributed by atoms with van der Waals surface area (Å²) in [6.45, 7) is 6.87. The zero-order chi connectivity index (χ0) is 22.7. The highest BCUT2D eigenvalue weighted by Gasteiger charge is 2.32. The van der Waals surface area contributed by atoms with Crippen molar-refractivity contribution in [2.24, 2.45) is 11.3 Å². The normalized spacial score (nSPS) is 16.9. The predicted molar refractivity (Wildman–Crippen MR) is 134 cm³/mol. The summed E-state index contributed by atoms with van der Waals surface area (Å²) >= 11 is 3.36. The van der Waals surface area contributed by atoms with Crippen molar-refractivity contribution in [1.82, 2.24) is 0 Å². The maximum Gasteiger partial charge on any atom is 0.261 e. The molecule has 0 aliphatic heterocycles. The summed E-state index contributed by atoms with van der Waals surface area (Å²) in [5.74, 6) is 1.60. The minimum absolute atomic E-state index is 0.212. The molecule has 1 heterocycles. The first kappa shape index (κ1) is 21.5. The number of aryl methyl sites for hydroxylation is 1. The van der Waals surface area contributed by atoms with Crippen LogP contribution in [0.5, 0.6) is 0 Å². The molecule has 0 spiro atoms. The Kier molecular flexibility index (Phi) is 5.13. The standard InChI is InChI=1S/C26H26BrNO3S/c1-26(2,3)16-8-13-24-21(14-16)22-15-23(19-6-4-5-7-20(19)25(22)31-24)28-32(29,30)18-11-9-17(27)10-12-18/h4-7,9-12,15-16,28H,8,13-14H2,1-3H3. The van der Waals surface area contributed by atoms with Crippen LogP contribution in [-0.4, -0.2) is 8.42 Å². The van der Waals surface area contributed by atoms with E-state index in [-0.39, 0.29) is 10.3 Å². The summed E-state index contributed by atoms with van der Waals surface area (Å²) in [5, 5.41) is 2.78. The highest BCUT2D eigenvalue weighted by atomic mass is 79.9. The van der Waals surface area contributed by atoms with Gasteiger partial charge in [-0.25, -0.2) is 8.42 Å². The summed E-state index contributed by atoms with van der Waals surface area (Å²) in [5.41, 5.74) is 2.87. The van der Waals surface area contributed by atoms with Gasteiger partial charge < -0.3 is 4.42 Å². The Hall–Kier alpha value is -2.31. The summed E-state index contributed by atoms with van der Waals surface area (Å²) in [7, 11) is -3.73. The summed E-state index contributed by atoms with van der Waals surface area (Å²) in [6, 6.07) is 16.4. The van der Waals surface area contributed by atoms with Crippen molar-refractivity contribution in [3.05, 3.63) is 70.4 Å². The van der Waals surface area contributed by atoms with Crippen LogP contribution in [-0.2, 0) is 22.9 Å². The average Bonchev–Trinajstić information content (AvgIpc) is 3.11. The molecule has 1 N–H and O–H groups in total. The van der Waals surface area contributed by atoms with Crippen LogP contribution in [0.3, 0.4) is 0 Å². The van der Waals surface area contributed by atoms with Crippen LogP contribution >= 0.6 is 15.9 Å². The molecule has 166 valence electrons. The number of sulfonamides is 1. The van der Waals surface area contributed by atoms with Crippen LogP contribution in [0.1, 0.15) is 38.5 Å². The zero-order valence-corrected chi connectivity index (χ0v) is 20.8. The van der Waals surface area contributed by atoms with Gasteiger partial charge in [-0.15, -0.1) is 0 Å². The van der Waals surface area contributed by atoms with Crippen LogP contribution in [0.15, 0.2) is 68.4 Å². The fraction of sp³-hybridized carbons (Fsp3) is 0.308. The van der Waals surface area contributed by atoms with E-state index >= 15 is 0 Å². The molecule has 32 heavy (non-hydrogen) atoms. The number of furan rings is 1. The van der Waals surface area contributed by atoms with Crippen molar-refractivity contribution in [1.29, 1.82) is 0 Å². The molecule has 0 bridgehead atoms. The Balaban J connectivity index is 1.67. The number of rotatable bonds is 3. The number of benzene rings is 3. The van der Waals surface area contributed by atoms with Gasteiger partial charge in [0.15, 0.2) is 0 Å². The van der Waals surface area contributed by atoms with E-state index in [1.807, 2.05) is 30.3 Å². The molecule has 1 unspecified atom stereocenters. The maximum atomic E-state index is 13.2. The average molecular weight is 512 g/mol. The minimum atomic E-state index is -3.73. The van der Waals surface area contributed by atoms with Crippen molar-refractivity contribution >= 4 is 53.4 Å². The quantitative estimate of drug-likeness (QED) is 0.313. The number of hydrogen-bond acceptors (Lipinski definition) is 3. The van der Waals surface area contributed by atoms with E-state index in [0.29, 0.717) is 11.6 Å². The molecule has 0 saturated heterocycles. The summed E-state index contributed by atoms with van der Waals surface area (Å²) < 4.78 is 36.3. The third-order valence-corrected chi connectivity index (χ3v) is 8.56. The first-order valence-electron chi connectivity index (χ1n) is 10.9. The lowest BCUT2D eigenvalue weighted by Crippen LogP contribution is -2.26. The number of halogens is 1. The van der Waals surface area contributed by atoms with E-state index in [4.69, 9.17) is 4.42 Å². The Labute approximate surface area is 197 Å². The minimum Gasteiger partial charge on any atom is -0.460 e. The fourth-order valence-corrected chi connectivity index (χ4v) is 6.07. The SMILES string of the molecule is CC(C)(C)C1CCc2oc3c(cc(NS(=O)(=O)c4ccc(Br)cc4)c4ccccc43)c2C1. The number of fused-ring (bicyclic) bond motifs is 5. The Morgan fingerprint density at radius 3 is 2.38 bits per heavy atom. The monoisotopic (exact) mass is 511 g/mol. The summed E-state index contributed by atoms with van der Waals surface area (Å²) in [6.07, 6.45) is 2.97. The van der Waals surface area contributed by atoms with Gasteiger partial charge in [0.1, 0.15) is 11.3 Å². The predicted octanol–water partition coefficient (Wildman–Crippen LogP) is 7.30. The first-order valence-corrected chi connectivity index (χ1v) is 13.2. The number of hydrogen-bond donors (Lipinski definition) is 1. The number of nitrogens with one attached hydrogen (secondary N) is 1. The van der Waals surface area contributed by atoms with Crippen LogP contribution in [0.4, 0.5) is 5.69 Å². The van der Waals surface area contributed by atoms with Crippen molar-refractivity contribution in [2.45, 2.75) is 44.9 Å². The first-order chi connectivity index (χ1) is 15.1. The molecule has 1 aliphatic carbocycles. The van der Waals surface area contributed by atoms with Crippen molar-refractivity contribution in [3.8, 4) is 0 Å². The van der Waals surface area contributed by atoms with Crippen LogP contribution in [0.25, 0.3) is 21.7 Å². The van der Waals surface area contributed by atoms with Crippen molar-refractivity contribution in [2.75, 3.05) is 4.72 Å². The van der Waals surface area contributed by atoms with Crippen LogP contribution in [0.2, 0.25) is 0 Å². The molecule has 4 aromatic rings. The van der Waals surface area contributed by atoms with E-state index in [1.54, 1.807) is 24.3 Å². The molecule has 3 aromatic carbocycles. The molecule has 1 aliphatic rings. The van der Waals surface area contributed by atoms with Crippen molar-refractivity contribution < 1.29 is 12.8 Å². The van der Waals surface area contributed by atoms with Gasteiger partial charge in [0.05, 0.1) is 10.6 Å². The van der Waals surface area contributed by atoms with E-state index in [9.17, 15) is 8.42 Å². The summed E-state index contributed by atoms with van der Waals surface area (Å²) in [4.78, 5) is 0.229. The third kappa shape index (κ3) is 3.73. The molecule has 1 aromatic heterocycles. The van der Waals surface area contributed by atoms with Crippen LogP contribution < -0.4 is 4.72 Å². The Morgan fingerprint density at radius 1 is 1.00 bits per heavy atom. The molecule has 6 heteroatoms. The second-order valence-corrected chi connectivity index (χ2v) is 12.3. The lowest BCUT2D eigenvalue weighted by Gasteiger charge is -2.33. The van der Waals surface area contributed by atoms with E-state index in [1.165, 1.54) is 5.56 Å². The zero-order valence-electron chi connectivity index (χ0n) is 18.4. The van der Waals surface area contributed by atoms with Crippen molar-refractivity contribution in [3.63, 3.8) is 0 Å². The van der Waals surface area contributed by atoms with E-state index in [2.05, 4.69) is 41.4 Å². The van der Waals surface area contributed by atoms with E-state index < -0.39 is 10.0 Å². The van der Waals surface area contributed by atoms with Gasteiger partial charge in [-0.2, -0.15) is 0 Å². The molecule has 1 atom stereocenters. The number of anilines is 1. The second-order valence-electron chi connectivity index (χ2n) is 9.72. The van der Waals surface area contributed by atoms with Gasteiger partial charge in [-0.3, -0.25) is 4.72 Å². The molecule has 0 amide bonds. The second kappa shape index (κ2) is 7.63. The fourth-order valence-electron chi connectivity index (χ4n) is 4.74. The third-order valence-electron chi connectivity index (χ3n) is 6.65. The van der Waals surface area contributed by atoms with Gasteiger partial charge in [0.25, 0.3) is 10.0 Å².